The molecule has 1 unspecified atom stereocenters. The van der Waals surface area contributed by atoms with Gasteiger partial charge in [-0.25, -0.2) is 9.78 Å². The highest BCUT2D eigenvalue weighted by Crippen LogP contribution is 2.24. The molecular formula is C16H17N7O3. The Morgan fingerprint density at radius 1 is 1.38 bits per heavy atom. The smallest absolute Gasteiger partial charge is 0.328 e. The van der Waals surface area contributed by atoms with E-state index in [9.17, 15) is 4.79 Å². The average Bonchev–Trinajstić information content (AvgIpc) is 3.32. The van der Waals surface area contributed by atoms with Gasteiger partial charge in [-0.2, -0.15) is 14.6 Å². The molecule has 0 bridgehead atoms. The van der Waals surface area contributed by atoms with E-state index in [2.05, 4.69) is 25.5 Å². The van der Waals surface area contributed by atoms with Crippen LogP contribution in [0, 0.1) is 0 Å². The van der Waals surface area contributed by atoms with Gasteiger partial charge >= 0.3 is 5.97 Å². The Kier molecular flexibility index (Phi) is 3.79. The molecule has 4 aromatic heterocycles. The van der Waals surface area contributed by atoms with Gasteiger partial charge in [0.25, 0.3) is 0 Å². The minimum Gasteiger partial charge on any atom is -0.464 e. The van der Waals surface area contributed by atoms with Gasteiger partial charge in [0.15, 0.2) is 17.1 Å². The highest BCUT2D eigenvalue weighted by Gasteiger charge is 2.21. The van der Waals surface area contributed by atoms with Crippen molar-refractivity contribution in [2.45, 2.75) is 19.9 Å². The number of fused-ring (bicyclic) bond motifs is 3. The highest BCUT2D eigenvalue weighted by atomic mass is 16.5. The number of carbonyl (C=O) groups excluding carboxylic acids is 1. The summed E-state index contributed by atoms with van der Waals surface area (Å²) in [4.78, 5) is 21.0. The molecule has 10 nitrogen and oxygen atoms in total. The summed E-state index contributed by atoms with van der Waals surface area (Å²) in [5, 5.41) is 12.6. The monoisotopic (exact) mass is 355 g/mol. The third-order valence-corrected chi connectivity index (χ3v) is 3.80. The van der Waals surface area contributed by atoms with Crippen LogP contribution < -0.4 is 5.32 Å². The summed E-state index contributed by atoms with van der Waals surface area (Å²) in [7, 11) is 1.80. The summed E-state index contributed by atoms with van der Waals surface area (Å²) in [5.74, 6) is 0.919. The van der Waals surface area contributed by atoms with E-state index in [0.29, 0.717) is 35.4 Å². The van der Waals surface area contributed by atoms with Crippen LogP contribution >= 0.6 is 0 Å². The number of hydrogen-bond acceptors (Lipinski definition) is 8. The van der Waals surface area contributed by atoms with Crippen molar-refractivity contribution in [2.24, 2.45) is 7.05 Å². The van der Waals surface area contributed by atoms with Crippen molar-refractivity contribution in [3.8, 4) is 11.6 Å². The molecule has 0 aliphatic heterocycles. The summed E-state index contributed by atoms with van der Waals surface area (Å²) in [6.07, 6.45) is 3.37. The Morgan fingerprint density at radius 2 is 2.23 bits per heavy atom. The number of nitrogens with zero attached hydrogens (tertiary/aromatic N) is 6. The van der Waals surface area contributed by atoms with Crippen LogP contribution in [-0.4, -0.2) is 48.0 Å². The number of ether oxygens (including phenoxy) is 1. The van der Waals surface area contributed by atoms with Crippen molar-refractivity contribution < 1.29 is 13.9 Å². The number of esters is 1. The summed E-state index contributed by atoms with van der Waals surface area (Å²) in [6, 6.07) is 2.93. The fourth-order valence-corrected chi connectivity index (χ4v) is 2.62. The van der Waals surface area contributed by atoms with E-state index in [0.717, 1.165) is 5.39 Å². The summed E-state index contributed by atoms with van der Waals surface area (Å²) in [5.41, 5.74) is 1.06. The van der Waals surface area contributed by atoms with Gasteiger partial charge in [-0.05, 0) is 26.0 Å². The zero-order valence-corrected chi connectivity index (χ0v) is 14.5. The SMILES string of the molecule is CCOC(=O)C(C)Nc1nc2nn(C)cc2c2nc(-c3ccco3)nn12. The van der Waals surface area contributed by atoms with E-state index in [4.69, 9.17) is 9.15 Å². The standard InChI is InChI=1S/C16H17N7O3/c1-4-25-15(24)9(2)17-16-19-12-10(8-22(3)20-12)14-18-13(21-23(14)16)11-6-5-7-26-11/h5-9H,4H2,1-3H3,(H,17,19,20). The highest BCUT2D eigenvalue weighted by molar-refractivity contribution is 5.90. The van der Waals surface area contributed by atoms with Crippen LogP contribution in [0.5, 0.6) is 0 Å². The molecule has 0 saturated heterocycles. The van der Waals surface area contributed by atoms with Gasteiger partial charge in [0, 0.05) is 13.2 Å². The average molecular weight is 355 g/mol. The molecular weight excluding hydrogens is 338 g/mol. The number of hydrogen-bond donors (Lipinski definition) is 1. The first-order chi connectivity index (χ1) is 12.6. The maximum atomic E-state index is 12.0. The van der Waals surface area contributed by atoms with E-state index >= 15 is 0 Å². The van der Waals surface area contributed by atoms with E-state index < -0.39 is 6.04 Å². The van der Waals surface area contributed by atoms with Crippen LogP contribution in [0.2, 0.25) is 0 Å². The van der Waals surface area contributed by atoms with Gasteiger partial charge in [0.1, 0.15) is 6.04 Å². The molecule has 0 aliphatic carbocycles. The molecule has 1 atom stereocenters. The number of nitrogens with one attached hydrogen (secondary N) is 1. The quantitative estimate of drug-likeness (QED) is 0.538. The lowest BCUT2D eigenvalue weighted by atomic mass is 10.3. The molecule has 1 N–H and O–H groups in total. The first kappa shape index (κ1) is 16.1. The van der Waals surface area contributed by atoms with E-state index in [1.807, 2.05) is 6.20 Å². The third kappa shape index (κ3) is 2.65. The van der Waals surface area contributed by atoms with Gasteiger partial charge in [0.05, 0.1) is 18.3 Å². The van der Waals surface area contributed by atoms with E-state index in [-0.39, 0.29) is 5.97 Å². The van der Waals surface area contributed by atoms with Crippen molar-refractivity contribution >= 4 is 28.6 Å². The fraction of sp³-hybridized carbons (Fsp3) is 0.312. The van der Waals surface area contributed by atoms with E-state index in [1.165, 1.54) is 4.52 Å². The van der Waals surface area contributed by atoms with Gasteiger partial charge in [-0.1, -0.05) is 0 Å². The summed E-state index contributed by atoms with van der Waals surface area (Å²) in [6.45, 7) is 3.76. The molecule has 0 aromatic carbocycles. The molecule has 4 aromatic rings. The largest absolute Gasteiger partial charge is 0.464 e. The Hall–Kier alpha value is -3.43. The third-order valence-electron chi connectivity index (χ3n) is 3.80. The second-order valence-electron chi connectivity index (χ2n) is 5.74. The van der Waals surface area contributed by atoms with Gasteiger partial charge in [-0.15, -0.1) is 5.10 Å². The van der Waals surface area contributed by atoms with Crippen LogP contribution in [0.1, 0.15) is 13.8 Å². The molecule has 134 valence electrons. The van der Waals surface area contributed by atoms with Crippen LogP contribution in [-0.2, 0) is 16.6 Å². The van der Waals surface area contributed by atoms with Gasteiger partial charge in [0.2, 0.25) is 11.8 Å². The number of carbonyl (C=O) groups is 1. The molecule has 0 saturated carbocycles. The maximum absolute atomic E-state index is 12.0. The minimum absolute atomic E-state index is 0.304. The van der Waals surface area contributed by atoms with Crippen LogP contribution in [0.25, 0.3) is 28.3 Å². The first-order valence-corrected chi connectivity index (χ1v) is 8.14. The summed E-state index contributed by atoms with van der Waals surface area (Å²) >= 11 is 0. The molecule has 10 heteroatoms. The predicted octanol–water partition coefficient (Wildman–Crippen LogP) is 1.63. The molecule has 0 aliphatic rings. The molecule has 0 amide bonds. The van der Waals surface area contributed by atoms with Crippen LogP contribution in [0.3, 0.4) is 0 Å². The van der Waals surface area contributed by atoms with Crippen LogP contribution in [0.15, 0.2) is 29.0 Å². The predicted molar refractivity (Wildman–Crippen MR) is 92.5 cm³/mol. The lowest BCUT2D eigenvalue weighted by Crippen LogP contribution is -2.29. The fourth-order valence-electron chi connectivity index (χ4n) is 2.62. The number of furan rings is 1. The minimum atomic E-state index is -0.608. The van der Waals surface area contributed by atoms with Crippen molar-refractivity contribution in [1.82, 2.24) is 29.4 Å². The van der Waals surface area contributed by atoms with Crippen molar-refractivity contribution in [1.29, 1.82) is 0 Å². The Labute approximate surface area is 147 Å². The number of aromatic nitrogens is 6. The molecule has 0 spiro atoms. The van der Waals surface area contributed by atoms with Crippen LogP contribution in [0.4, 0.5) is 5.95 Å². The second-order valence-corrected chi connectivity index (χ2v) is 5.74. The molecule has 26 heavy (non-hydrogen) atoms. The lowest BCUT2D eigenvalue weighted by Gasteiger charge is -2.13. The number of rotatable bonds is 5. The Balaban J connectivity index is 1.86. The molecule has 4 heterocycles. The van der Waals surface area contributed by atoms with Crippen molar-refractivity contribution in [3.63, 3.8) is 0 Å². The van der Waals surface area contributed by atoms with Crippen molar-refractivity contribution in [3.05, 3.63) is 24.6 Å². The normalized spacial score (nSPS) is 12.6. The zero-order valence-electron chi connectivity index (χ0n) is 14.5. The summed E-state index contributed by atoms with van der Waals surface area (Å²) < 4.78 is 13.6. The Bertz CT molecular complexity index is 1080. The molecule has 4 rings (SSSR count). The van der Waals surface area contributed by atoms with Crippen molar-refractivity contribution in [2.75, 3.05) is 11.9 Å². The van der Waals surface area contributed by atoms with Gasteiger partial charge < -0.3 is 14.5 Å². The number of anilines is 1. The molecule has 0 fully saturated rings. The topological polar surface area (TPSA) is 112 Å². The second kappa shape index (κ2) is 6.14. The lowest BCUT2D eigenvalue weighted by molar-refractivity contribution is -0.143. The maximum Gasteiger partial charge on any atom is 0.328 e. The first-order valence-electron chi connectivity index (χ1n) is 8.14. The number of aryl methyl sites for hydroxylation is 1. The molecule has 0 radical (unpaired) electrons. The zero-order chi connectivity index (χ0) is 18.3. The van der Waals surface area contributed by atoms with E-state index in [1.54, 1.807) is 44.0 Å². The van der Waals surface area contributed by atoms with Gasteiger partial charge in [-0.3, -0.25) is 4.68 Å². The Morgan fingerprint density at radius 3 is 2.96 bits per heavy atom.